The van der Waals surface area contributed by atoms with Gasteiger partial charge in [0.2, 0.25) is 0 Å². The van der Waals surface area contributed by atoms with Gasteiger partial charge in [0.15, 0.2) is 0 Å². The first-order valence-electron chi connectivity index (χ1n) is 13.8. The molecule has 1 fully saturated rings. The van der Waals surface area contributed by atoms with Crippen LogP contribution < -0.4 is 10.1 Å². The predicted molar refractivity (Wildman–Crippen MR) is 156 cm³/mol. The van der Waals surface area contributed by atoms with Gasteiger partial charge in [0, 0.05) is 36.5 Å². The van der Waals surface area contributed by atoms with Crippen molar-refractivity contribution in [3.63, 3.8) is 0 Å². The maximum atomic E-state index is 14.1. The van der Waals surface area contributed by atoms with Crippen molar-refractivity contribution in [1.82, 2.24) is 15.2 Å². The van der Waals surface area contributed by atoms with E-state index in [0.717, 1.165) is 16.9 Å². The van der Waals surface area contributed by atoms with E-state index in [-0.39, 0.29) is 17.4 Å². The third-order valence-electron chi connectivity index (χ3n) is 7.88. The van der Waals surface area contributed by atoms with Crippen LogP contribution in [0.15, 0.2) is 73.1 Å². The Balaban J connectivity index is 1.85. The molecule has 1 amide bonds. The average molecular weight is 544 g/mol. The number of aliphatic carboxylic acids is 1. The van der Waals surface area contributed by atoms with Gasteiger partial charge in [-0.15, -0.1) is 0 Å². The molecule has 4 atom stereocenters. The summed E-state index contributed by atoms with van der Waals surface area (Å²) >= 11 is 0. The molecule has 2 heterocycles. The summed E-state index contributed by atoms with van der Waals surface area (Å²) in [4.78, 5) is 32.8. The number of ether oxygens (including phenoxy) is 1. The molecule has 4 rings (SSSR count). The standard InChI is InChI=1S/C33H41N3O4/c1-32(2,3)24-15-16-25(40-7)23(18-24)20-35-27-26(33(4,5)6)29(31(38)39)36(28(27)21-12-9-8-10-13-21)30(37)22-14-11-17-34-19-22/h8-19,26-29,35H,20H2,1-7H3,(H,38,39)/t26-,27-,28-,29-/m0/s1. The van der Waals surface area contributed by atoms with Gasteiger partial charge in [-0.1, -0.05) is 84.0 Å². The molecule has 40 heavy (non-hydrogen) atoms. The molecule has 2 aromatic carbocycles. The number of carboxylic acid groups (broad SMARTS) is 1. The molecule has 1 aliphatic heterocycles. The molecule has 0 spiro atoms. The lowest BCUT2D eigenvalue weighted by molar-refractivity contribution is -0.144. The number of methoxy groups -OCH3 is 1. The molecular formula is C33H41N3O4. The Morgan fingerprint density at radius 3 is 2.25 bits per heavy atom. The zero-order valence-corrected chi connectivity index (χ0v) is 24.5. The summed E-state index contributed by atoms with van der Waals surface area (Å²) < 4.78 is 5.70. The van der Waals surface area contributed by atoms with Gasteiger partial charge in [0.1, 0.15) is 11.8 Å². The van der Waals surface area contributed by atoms with Crippen LogP contribution in [-0.2, 0) is 16.8 Å². The molecule has 0 unspecified atom stereocenters. The lowest BCUT2D eigenvalue weighted by Crippen LogP contribution is -2.48. The maximum Gasteiger partial charge on any atom is 0.326 e. The van der Waals surface area contributed by atoms with E-state index in [0.29, 0.717) is 12.1 Å². The zero-order valence-electron chi connectivity index (χ0n) is 24.5. The fourth-order valence-corrected chi connectivity index (χ4v) is 5.96. The predicted octanol–water partition coefficient (Wildman–Crippen LogP) is 5.86. The summed E-state index contributed by atoms with van der Waals surface area (Å²) in [6, 6.07) is 17.4. The number of nitrogens with one attached hydrogen (secondary N) is 1. The lowest BCUT2D eigenvalue weighted by atomic mass is 9.72. The molecule has 212 valence electrons. The molecule has 0 radical (unpaired) electrons. The number of rotatable bonds is 7. The Morgan fingerprint density at radius 2 is 1.70 bits per heavy atom. The zero-order chi connectivity index (χ0) is 29.2. The quantitative estimate of drug-likeness (QED) is 0.388. The molecule has 1 aromatic heterocycles. The van der Waals surface area contributed by atoms with Crippen LogP contribution >= 0.6 is 0 Å². The smallest absolute Gasteiger partial charge is 0.326 e. The third kappa shape index (κ3) is 5.89. The fourth-order valence-electron chi connectivity index (χ4n) is 5.96. The summed E-state index contributed by atoms with van der Waals surface area (Å²) in [6.07, 6.45) is 3.10. The minimum absolute atomic E-state index is 0.0454. The van der Waals surface area contributed by atoms with E-state index in [1.165, 1.54) is 11.8 Å². The fraction of sp³-hybridized carbons (Fsp3) is 0.424. The first-order valence-corrected chi connectivity index (χ1v) is 13.8. The van der Waals surface area contributed by atoms with E-state index >= 15 is 0 Å². The van der Waals surface area contributed by atoms with E-state index in [9.17, 15) is 14.7 Å². The van der Waals surface area contributed by atoms with Crippen molar-refractivity contribution in [2.75, 3.05) is 7.11 Å². The molecule has 3 aromatic rings. The number of carbonyl (C=O) groups is 2. The number of carbonyl (C=O) groups excluding carboxylic acids is 1. The van der Waals surface area contributed by atoms with E-state index in [1.807, 2.05) is 57.2 Å². The number of likely N-dealkylation sites (tertiary alicyclic amines) is 1. The van der Waals surface area contributed by atoms with Crippen molar-refractivity contribution in [3.05, 3.63) is 95.3 Å². The van der Waals surface area contributed by atoms with Crippen LogP contribution in [0.25, 0.3) is 0 Å². The number of aromatic nitrogens is 1. The van der Waals surface area contributed by atoms with E-state index in [4.69, 9.17) is 4.74 Å². The molecule has 1 saturated heterocycles. The molecule has 0 aliphatic carbocycles. The number of amides is 1. The second-order valence-electron chi connectivity index (χ2n) is 12.7. The van der Waals surface area contributed by atoms with Gasteiger partial charge in [-0.05, 0) is 40.2 Å². The van der Waals surface area contributed by atoms with E-state index in [2.05, 4.69) is 43.2 Å². The van der Waals surface area contributed by atoms with Crippen LogP contribution in [0.3, 0.4) is 0 Å². The second kappa shape index (κ2) is 11.4. The second-order valence-corrected chi connectivity index (χ2v) is 12.7. The lowest BCUT2D eigenvalue weighted by Gasteiger charge is -2.35. The van der Waals surface area contributed by atoms with Crippen molar-refractivity contribution >= 4 is 11.9 Å². The summed E-state index contributed by atoms with van der Waals surface area (Å²) in [5.74, 6) is -0.998. The van der Waals surface area contributed by atoms with Gasteiger partial charge in [0.05, 0.1) is 18.7 Å². The van der Waals surface area contributed by atoms with Crippen LogP contribution in [0.5, 0.6) is 5.75 Å². The molecule has 1 aliphatic rings. The number of hydrogen-bond donors (Lipinski definition) is 2. The Kier molecular flexibility index (Phi) is 8.36. The minimum Gasteiger partial charge on any atom is -0.496 e. The molecular weight excluding hydrogens is 502 g/mol. The highest BCUT2D eigenvalue weighted by Gasteiger charge is 2.58. The van der Waals surface area contributed by atoms with Crippen LogP contribution in [-0.4, -0.2) is 46.1 Å². The van der Waals surface area contributed by atoms with Crippen molar-refractivity contribution in [3.8, 4) is 5.75 Å². The Bertz CT molecular complexity index is 1330. The molecule has 7 heteroatoms. The number of pyridine rings is 1. The highest BCUT2D eigenvalue weighted by molar-refractivity contribution is 5.97. The molecule has 2 N–H and O–H groups in total. The number of benzene rings is 2. The van der Waals surface area contributed by atoms with Crippen LogP contribution in [0.4, 0.5) is 0 Å². The van der Waals surface area contributed by atoms with Gasteiger partial charge in [-0.2, -0.15) is 0 Å². The van der Waals surface area contributed by atoms with Crippen molar-refractivity contribution in [2.24, 2.45) is 11.3 Å². The maximum absolute atomic E-state index is 14.1. The molecule has 0 bridgehead atoms. The summed E-state index contributed by atoms with van der Waals surface area (Å²) in [6.45, 7) is 13.1. The van der Waals surface area contributed by atoms with Crippen LogP contribution in [0.2, 0.25) is 0 Å². The Labute approximate surface area is 237 Å². The van der Waals surface area contributed by atoms with Crippen molar-refractivity contribution in [1.29, 1.82) is 0 Å². The molecule has 0 saturated carbocycles. The third-order valence-corrected chi connectivity index (χ3v) is 7.88. The molecule has 7 nitrogen and oxygen atoms in total. The summed E-state index contributed by atoms with van der Waals surface area (Å²) in [5, 5.41) is 14.4. The van der Waals surface area contributed by atoms with E-state index < -0.39 is 29.4 Å². The minimum atomic E-state index is -1.04. The van der Waals surface area contributed by atoms with Gasteiger partial charge in [-0.3, -0.25) is 9.78 Å². The largest absolute Gasteiger partial charge is 0.496 e. The SMILES string of the molecule is COc1ccc(C(C)(C)C)cc1CN[C@H]1[C@H](C(C)(C)C)[C@@H](C(=O)O)N(C(=O)c2cccnc2)[C@H]1c1ccccc1. The van der Waals surface area contributed by atoms with Gasteiger partial charge >= 0.3 is 5.97 Å². The monoisotopic (exact) mass is 543 g/mol. The topological polar surface area (TPSA) is 91.8 Å². The van der Waals surface area contributed by atoms with Crippen molar-refractivity contribution < 1.29 is 19.4 Å². The first-order chi connectivity index (χ1) is 18.8. The highest BCUT2D eigenvalue weighted by atomic mass is 16.5. The first kappa shape index (κ1) is 29.3. The number of carboxylic acids is 1. The summed E-state index contributed by atoms with van der Waals surface area (Å²) in [7, 11) is 1.66. The number of nitrogens with zero attached hydrogens (tertiary/aromatic N) is 2. The van der Waals surface area contributed by atoms with Gasteiger partial charge in [0.25, 0.3) is 5.91 Å². The van der Waals surface area contributed by atoms with Crippen LogP contribution in [0.1, 0.15) is 74.6 Å². The van der Waals surface area contributed by atoms with Gasteiger partial charge in [-0.25, -0.2) is 4.79 Å². The van der Waals surface area contributed by atoms with E-state index in [1.54, 1.807) is 30.3 Å². The average Bonchev–Trinajstić information content (AvgIpc) is 3.28. The van der Waals surface area contributed by atoms with Crippen molar-refractivity contribution in [2.45, 2.75) is 71.6 Å². The summed E-state index contributed by atoms with van der Waals surface area (Å²) in [5.41, 5.74) is 2.93. The number of hydrogen-bond acceptors (Lipinski definition) is 5. The Hall–Kier alpha value is -3.71. The highest BCUT2D eigenvalue weighted by Crippen LogP contribution is 2.48. The van der Waals surface area contributed by atoms with Gasteiger partial charge < -0.3 is 20.1 Å². The Morgan fingerprint density at radius 1 is 1.00 bits per heavy atom. The van der Waals surface area contributed by atoms with Crippen LogP contribution in [0, 0.1) is 11.3 Å². The normalized spacial score (nSPS) is 21.3.